The van der Waals surface area contributed by atoms with Crippen LogP contribution >= 0.6 is 0 Å². The molecule has 2 atom stereocenters. The minimum atomic E-state index is 0.352. The maximum Gasteiger partial charge on any atom is 0.00675 e. The van der Waals surface area contributed by atoms with Crippen molar-refractivity contribution in [1.29, 1.82) is 0 Å². The van der Waals surface area contributed by atoms with Gasteiger partial charge in [0.15, 0.2) is 0 Å². The zero-order valence-corrected chi connectivity index (χ0v) is 8.72. The van der Waals surface area contributed by atoms with Crippen LogP contribution in [0, 0.1) is 11.8 Å². The largest absolute Gasteiger partial charge is 0.327 e. The van der Waals surface area contributed by atoms with E-state index in [-0.39, 0.29) is 0 Å². The lowest BCUT2D eigenvalue weighted by molar-refractivity contribution is 0.398. The Bertz CT molecular complexity index is 118. The van der Waals surface area contributed by atoms with Crippen molar-refractivity contribution < 1.29 is 0 Å². The fraction of sp³-hybridized carbons (Fsp3) is 0.818. The highest BCUT2D eigenvalue weighted by molar-refractivity contribution is 4.77. The second-order valence-electron chi connectivity index (χ2n) is 4.14. The molecule has 0 fully saturated rings. The predicted molar refractivity (Wildman–Crippen MR) is 56.0 cm³/mol. The first-order valence-electron chi connectivity index (χ1n) is 4.94. The van der Waals surface area contributed by atoms with Crippen molar-refractivity contribution >= 4 is 0 Å². The molecule has 0 saturated carbocycles. The molecule has 0 spiro atoms. The number of hydrogen-bond donors (Lipinski definition) is 1. The summed E-state index contributed by atoms with van der Waals surface area (Å²) in [5.74, 6) is 1.35. The summed E-state index contributed by atoms with van der Waals surface area (Å²) in [5, 5.41) is 0. The summed E-state index contributed by atoms with van der Waals surface area (Å²) in [6.45, 7) is 10.4. The fourth-order valence-electron chi connectivity index (χ4n) is 1.25. The van der Waals surface area contributed by atoms with E-state index in [0.29, 0.717) is 12.0 Å². The maximum atomic E-state index is 6.00. The van der Waals surface area contributed by atoms with Crippen molar-refractivity contribution in [3.63, 3.8) is 0 Å². The molecule has 1 heteroatoms. The summed E-state index contributed by atoms with van der Waals surface area (Å²) in [4.78, 5) is 0. The van der Waals surface area contributed by atoms with E-state index >= 15 is 0 Å². The van der Waals surface area contributed by atoms with Crippen molar-refractivity contribution in [1.82, 2.24) is 0 Å². The quantitative estimate of drug-likeness (QED) is 0.608. The minimum absolute atomic E-state index is 0.352. The molecule has 0 aliphatic carbocycles. The van der Waals surface area contributed by atoms with E-state index in [2.05, 4.69) is 27.4 Å². The summed E-state index contributed by atoms with van der Waals surface area (Å²) in [5.41, 5.74) is 6.00. The van der Waals surface area contributed by atoms with Gasteiger partial charge in [0.1, 0.15) is 0 Å². The van der Waals surface area contributed by atoms with Crippen LogP contribution in [0.3, 0.4) is 0 Å². The van der Waals surface area contributed by atoms with E-state index in [0.717, 1.165) is 18.8 Å². The number of allylic oxidation sites excluding steroid dienone is 1. The molecular weight excluding hydrogens is 146 g/mol. The van der Waals surface area contributed by atoms with E-state index in [9.17, 15) is 0 Å². The summed E-state index contributed by atoms with van der Waals surface area (Å²) >= 11 is 0. The van der Waals surface area contributed by atoms with Gasteiger partial charge in [0.25, 0.3) is 0 Å². The summed E-state index contributed by atoms with van der Waals surface area (Å²) in [6.07, 6.45) is 5.38. The third-order valence-corrected chi connectivity index (χ3v) is 2.35. The first kappa shape index (κ1) is 11.7. The molecule has 2 N–H and O–H groups in total. The molecule has 0 radical (unpaired) electrons. The van der Waals surface area contributed by atoms with E-state index in [1.165, 1.54) is 6.42 Å². The average Bonchev–Trinajstić information content (AvgIpc) is 2.00. The highest BCUT2D eigenvalue weighted by Crippen LogP contribution is 2.14. The predicted octanol–water partition coefficient (Wildman–Crippen LogP) is 2.96. The second-order valence-corrected chi connectivity index (χ2v) is 4.14. The lowest BCUT2D eigenvalue weighted by Crippen LogP contribution is -2.28. The van der Waals surface area contributed by atoms with Crippen molar-refractivity contribution in [3.05, 3.63) is 12.7 Å². The molecule has 0 bridgehead atoms. The average molecular weight is 169 g/mol. The van der Waals surface area contributed by atoms with Crippen LogP contribution in [0.25, 0.3) is 0 Å². The van der Waals surface area contributed by atoms with E-state index < -0.39 is 0 Å². The first-order valence-corrected chi connectivity index (χ1v) is 4.94. The third kappa shape index (κ3) is 5.36. The Balaban J connectivity index is 3.55. The minimum Gasteiger partial charge on any atom is -0.327 e. The Morgan fingerprint density at radius 2 is 1.83 bits per heavy atom. The van der Waals surface area contributed by atoms with Gasteiger partial charge in [-0.2, -0.15) is 0 Å². The van der Waals surface area contributed by atoms with Gasteiger partial charge in [0, 0.05) is 6.04 Å². The van der Waals surface area contributed by atoms with Crippen molar-refractivity contribution in [3.8, 4) is 0 Å². The van der Waals surface area contributed by atoms with Crippen LogP contribution in [0.1, 0.15) is 40.0 Å². The van der Waals surface area contributed by atoms with Gasteiger partial charge < -0.3 is 5.73 Å². The second kappa shape index (κ2) is 6.24. The Kier molecular flexibility index (Phi) is 6.09. The van der Waals surface area contributed by atoms with Crippen LogP contribution in [-0.2, 0) is 0 Å². The maximum absolute atomic E-state index is 6.00. The highest BCUT2D eigenvalue weighted by atomic mass is 14.6. The molecule has 0 aliphatic heterocycles. The Hall–Kier alpha value is -0.300. The van der Waals surface area contributed by atoms with Gasteiger partial charge >= 0.3 is 0 Å². The standard InChI is InChI=1S/C11H23N/c1-5-6-10(4)11(12)8-7-9(2)3/h5,9-11H,1,6-8,12H2,2-4H3. The molecule has 2 unspecified atom stereocenters. The fourth-order valence-corrected chi connectivity index (χ4v) is 1.25. The molecule has 1 nitrogen and oxygen atoms in total. The van der Waals surface area contributed by atoms with Crippen molar-refractivity contribution in [2.24, 2.45) is 17.6 Å². The van der Waals surface area contributed by atoms with Crippen molar-refractivity contribution in [2.45, 2.75) is 46.1 Å². The van der Waals surface area contributed by atoms with Crippen molar-refractivity contribution in [2.75, 3.05) is 0 Å². The molecule has 0 saturated heterocycles. The first-order chi connectivity index (χ1) is 5.57. The molecule has 0 amide bonds. The number of nitrogens with two attached hydrogens (primary N) is 1. The zero-order chi connectivity index (χ0) is 9.56. The Morgan fingerprint density at radius 1 is 1.25 bits per heavy atom. The monoisotopic (exact) mass is 169 g/mol. The molecule has 0 aromatic heterocycles. The molecule has 72 valence electrons. The molecule has 0 heterocycles. The van der Waals surface area contributed by atoms with Gasteiger partial charge in [-0.3, -0.25) is 0 Å². The van der Waals surface area contributed by atoms with Gasteiger partial charge in [0.2, 0.25) is 0 Å². The Labute approximate surface area is 77.0 Å². The Morgan fingerprint density at radius 3 is 2.25 bits per heavy atom. The normalized spacial score (nSPS) is 16.1. The van der Waals surface area contributed by atoms with Gasteiger partial charge in [-0.1, -0.05) is 26.8 Å². The topological polar surface area (TPSA) is 26.0 Å². The molecule has 12 heavy (non-hydrogen) atoms. The molecule has 0 aromatic carbocycles. The lowest BCUT2D eigenvalue weighted by Gasteiger charge is -2.19. The van der Waals surface area contributed by atoms with E-state index in [4.69, 9.17) is 5.73 Å². The van der Waals surface area contributed by atoms with Crippen LogP contribution in [0.15, 0.2) is 12.7 Å². The van der Waals surface area contributed by atoms with Crippen LogP contribution in [0.4, 0.5) is 0 Å². The van der Waals surface area contributed by atoms with E-state index in [1.54, 1.807) is 0 Å². The third-order valence-electron chi connectivity index (χ3n) is 2.35. The number of rotatable bonds is 6. The SMILES string of the molecule is C=CCC(C)C(N)CCC(C)C. The summed E-state index contributed by atoms with van der Waals surface area (Å²) in [7, 11) is 0. The lowest BCUT2D eigenvalue weighted by atomic mass is 9.93. The molecule has 0 aliphatic rings. The summed E-state index contributed by atoms with van der Waals surface area (Å²) in [6, 6.07) is 0.352. The van der Waals surface area contributed by atoms with Gasteiger partial charge in [-0.15, -0.1) is 6.58 Å². The van der Waals surface area contributed by atoms with Crippen LogP contribution in [0.5, 0.6) is 0 Å². The summed E-state index contributed by atoms with van der Waals surface area (Å²) < 4.78 is 0. The smallest absolute Gasteiger partial charge is 0.00675 e. The van der Waals surface area contributed by atoms with Gasteiger partial charge in [0.05, 0.1) is 0 Å². The van der Waals surface area contributed by atoms with Gasteiger partial charge in [-0.25, -0.2) is 0 Å². The molecule has 0 aromatic rings. The zero-order valence-electron chi connectivity index (χ0n) is 8.72. The highest BCUT2D eigenvalue weighted by Gasteiger charge is 2.10. The molecule has 0 rings (SSSR count). The van der Waals surface area contributed by atoms with Gasteiger partial charge in [-0.05, 0) is 31.1 Å². The molecular formula is C11H23N. The van der Waals surface area contributed by atoms with Crippen LogP contribution in [0.2, 0.25) is 0 Å². The van der Waals surface area contributed by atoms with E-state index in [1.807, 2.05) is 6.08 Å². The number of hydrogen-bond acceptors (Lipinski definition) is 1. The van der Waals surface area contributed by atoms with Crippen LogP contribution in [-0.4, -0.2) is 6.04 Å². The van der Waals surface area contributed by atoms with Crippen LogP contribution < -0.4 is 5.73 Å².